The highest BCUT2D eigenvalue weighted by Gasteiger charge is 2.32. The maximum Gasteiger partial charge on any atom is 0.325 e. The number of carbonyl (C=O) groups is 1. The number of hydrogen-bond acceptors (Lipinski definition) is 3. The molecule has 0 fully saturated rings. The molecule has 3 heteroatoms. The summed E-state index contributed by atoms with van der Waals surface area (Å²) in [5.74, 6) is -0.170. The summed E-state index contributed by atoms with van der Waals surface area (Å²) in [4.78, 5) is 13.5. The Morgan fingerprint density at radius 3 is 2.36 bits per heavy atom. The molecule has 0 heterocycles. The third kappa shape index (κ3) is 3.66. The van der Waals surface area contributed by atoms with Crippen LogP contribution >= 0.6 is 0 Å². The number of carbonyl (C=O) groups excluding carboxylic acids is 1. The average Bonchev–Trinajstić information content (AvgIpc) is 2.16. The number of unbranched alkanes of at least 4 members (excludes halogenated alkanes) is 2. The van der Waals surface area contributed by atoms with E-state index in [9.17, 15) is 4.79 Å². The van der Waals surface area contributed by atoms with Gasteiger partial charge < -0.3 is 4.74 Å². The first kappa shape index (κ1) is 13.4. The number of esters is 1. The van der Waals surface area contributed by atoms with Gasteiger partial charge in [-0.3, -0.25) is 9.69 Å². The highest BCUT2D eigenvalue weighted by atomic mass is 16.5. The van der Waals surface area contributed by atoms with Gasteiger partial charge in [0.05, 0.1) is 7.11 Å². The standard InChI is InChI=1S/C11H23NO2/c1-6-7-8-9-12(4)11(2,3)10(13)14-5/h6-9H2,1-5H3. The molecule has 0 aromatic carbocycles. The van der Waals surface area contributed by atoms with Gasteiger partial charge in [-0.05, 0) is 33.9 Å². The lowest BCUT2D eigenvalue weighted by atomic mass is 10.0. The lowest BCUT2D eigenvalue weighted by Gasteiger charge is -2.32. The van der Waals surface area contributed by atoms with Crippen LogP contribution in [-0.2, 0) is 9.53 Å². The maximum absolute atomic E-state index is 11.4. The summed E-state index contributed by atoms with van der Waals surface area (Å²) in [6, 6.07) is 0. The Hall–Kier alpha value is -0.570. The van der Waals surface area contributed by atoms with Gasteiger partial charge in [-0.1, -0.05) is 19.8 Å². The number of ether oxygens (including phenoxy) is 1. The van der Waals surface area contributed by atoms with Crippen molar-refractivity contribution in [2.24, 2.45) is 0 Å². The summed E-state index contributed by atoms with van der Waals surface area (Å²) >= 11 is 0. The van der Waals surface area contributed by atoms with Crippen LogP contribution in [0.2, 0.25) is 0 Å². The fourth-order valence-corrected chi connectivity index (χ4v) is 1.28. The lowest BCUT2D eigenvalue weighted by Crippen LogP contribution is -2.48. The van der Waals surface area contributed by atoms with Crippen LogP contribution in [0.25, 0.3) is 0 Å². The van der Waals surface area contributed by atoms with Crippen LogP contribution in [-0.4, -0.2) is 37.1 Å². The number of methoxy groups -OCH3 is 1. The molecule has 14 heavy (non-hydrogen) atoms. The number of nitrogens with zero attached hydrogens (tertiary/aromatic N) is 1. The zero-order valence-corrected chi connectivity index (χ0v) is 10.1. The average molecular weight is 201 g/mol. The summed E-state index contributed by atoms with van der Waals surface area (Å²) in [6.45, 7) is 6.90. The van der Waals surface area contributed by atoms with E-state index in [4.69, 9.17) is 4.74 Å². The van der Waals surface area contributed by atoms with E-state index in [0.29, 0.717) is 0 Å². The van der Waals surface area contributed by atoms with Crippen molar-refractivity contribution in [3.8, 4) is 0 Å². The van der Waals surface area contributed by atoms with Crippen LogP contribution in [0.3, 0.4) is 0 Å². The lowest BCUT2D eigenvalue weighted by molar-refractivity contribution is -0.152. The molecular formula is C11H23NO2. The van der Waals surface area contributed by atoms with Crippen LogP contribution in [0.15, 0.2) is 0 Å². The Kier molecular flexibility index (Phi) is 5.77. The Labute approximate surface area is 87.4 Å². The molecule has 0 rings (SSSR count). The summed E-state index contributed by atoms with van der Waals surface area (Å²) in [5.41, 5.74) is -0.511. The summed E-state index contributed by atoms with van der Waals surface area (Å²) < 4.78 is 4.76. The molecule has 0 radical (unpaired) electrons. The molecule has 0 atom stereocenters. The third-order valence-corrected chi connectivity index (χ3v) is 2.74. The van der Waals surface area contributed by atoms with Crippen molar-refractivity contribution >= 4 is 5.97 Å². The first-order chi connectivity index (χ1) is 6.46. The van der Waals surface area contributed by atoms with Crippen LogP contribution in [0.1, 0.15) is 40.0 Å². The molecule has 0 amide bonds. The van der Waals surface area contributed by atoms with Crippen LogP contribution in [0.4, 0.5) is 0 Å². The second kappa shape index (κ2) is 6.02. The fourth-order valence-electron chi connectivity index (χ4n) is 1.28. The molecule has 0 aromatic rings. The van der Waals surface area contributed by atoms with Crippen LogP contribution in [0, 0.1) is 0 Å². The van der Waals surface area contributed by atoms with E-state index in [1.807, 2.05) is 20.9 Å². The number of rotatable bonds is 6. The Morgan fingerprint density at radius 2 is 1.93 bits per heavy atom. The van der Waals surface area contributed by atoms with Crippen molar-refractivity contribution in [2.45, 2.75) is 45.6 Å². The molecule has 0 aliphatic heterocycles. The van der Waals surface area contributed by atoms with Crippen molar-refractivity contribution < 1.29 is 9.53 Å². The van der Waals surface area contributed by atoms with Crippen molar-refractivity contribution in [3.05, 3.63) is 0 Å². The predicted octanol–water partition coefficient (Wildman–Crippen LogP) is 2.06. The molecule has 0 aromatic heterocycles. The molecule has 0 N–H and O–H groups in total. The zero-order chi connectivity index (χ0) is 11.2. The van der Waals surface area contributed by atoms with Crippen LogP contribution in [0.5, 0.6) is 0 Å². The number of hydrogen-bond donors (Lipinski definition) is 0. The molecule has 0 bridgehead atoms. The molecule has 0 unspecified atom stereocenters. The molecule has 0 saturated heterocycles. The van der Waals surface area contributed by atoms with Gasteiger partial charge in [0.15, 0.2) is 0 Å². The monoisotopic (exact) mass is 201 g/mol. The van der Waals surface area contributed by atoms with E-state index >= 15 is 0 Å². The van der Waals surface area contributed by atoms with Crippen LogP contribution < -0.4 is 0 Å². The first-order valence-electron chi connectivity index (χ1n) is 5.26. The smallest absolute Gasteiger partial charge is 0.325 e. The molecule has 84 valence electrons. The molecule has 0 aliphatic rings. The minimum absolute atomic E-state index is 0.170. The van der Waals surface area contributed by atoms with E-state index in [2.05, 4.69) is 11.8 Å². The van der Waals surface area contributed by atoms with Crippen molar-refractivity contribution in [1.29, 1.82) is 0 Å². The van der Waals surface area contributed by atoms with E-state index in [1.54, 1.807) is 0 Å². The second-order valence-corrected chi connectivity index (χ2v) is 4.18. The summed E-state index contributed by atoms with van der Waals surface area (Å²) in [7, 11) is 3.40. The second-order valence-electron chi connectivity index (χ2n) is 4.18. The molecule has 0 spiro atoms. The van der Waals surface area contributed by atoms with Gasteiger partial charge in [-0.15, -0.1) is 0 Å². The Bertz CT molecular complexity index is 178. The first-order valence-corrected chi connectivity index (χ1v) is 5.26. The molecular weight excluding hydrogens is 178 g/mol. The summed E-state index contributed by atoms with van der Waals surface area (Å²) in [6.07, 6.45) is 3.54. The Balaban J connectivity index is 4.07. The minimum atomic E-state index is -0.511. The summed E-state index contributed by atoms with van der Waals surface area (Å²) in [5, 5.41) is 0. The van der Waals surface area contributed by atoms with Gasteiger partial charge in [0.2, 0.25) is 0 Å². The SMILES string of the molecule is CCCCCN(C)C(C)(C)C(=O)OC. The van der Waals surface area contributed by atoms with E-state index < -0.39 is 5.54 Å². The molecule has 0 saturated carbocycles. The molecule has 3 nitrogen and oxygen atoms in total. The minimum Gasteiger partial charge on any atom is -0.468 e. The predicted molar refractivity (Wildman–Crippen MR) is 58.3 cm³/mol. The van der Waals surface area contributed by atoms with Crippen molar-refractivity contribution in [2.75, 3.05) is 20.7 Å². The van der Waals surface area contributed by atoms with Gasteiger partial charge in [-0.25, -0.2) is 0 Å². The normalized spacial score (nSPS) is 11.9. The topological polar surface area (TPSA) is 29.5 Å². The number of likely N-dealkylation sites (N-methyl/N-ethyl adjacent to an activating group) is 1. The van der Waals surface area contributed by atoms with Crippen molar-refractivity contribution in [1.82, 2.24) is 4.90 Å². The zero-order valence-electron chi connectivity index (χ0n) is 10.1. The quantitative estimate of drug-likeness (QED) is 0.486. The fraction of sp³-hybridized carbons (Fsp3) is 0.909. The van der Waals surface area contributed by atoms with Gasteiger partial charge in [0.25, 0.3) is 0 Å². The van der Waals surface area contributed by atoms with E-state index in [0.717, 1.165) is 13.0 Å². The van der Waals surface area contributed by atoms with Gasteiger partial charge >= 0.3 is 5.97 Å². The van der Waals surface area contributed by atoms with E-state index in [-0.39, 0.29) is 5.97 Å². The highest BCUT2D eigenvalue weighted by Crippen LogP contribution is 2.14. The van der Waals surface area contributed by atoms with Gasteiger partial charge in [-0.2, -0.15) is 0 Å². The van der Waals surface area contributed by atoms with Crippen molar-refractivity contribution in [3.63, 3.8) is 0 Å². The third-order valence-electron chi connectivity index (χ3n) is 2.74. The highest BCUT2D eigenvalue weighted by molar-refractivity contribution is 5.79. The molecule has 0 aliphatic carbocycles. The maximum atomic E-state index is 11.4. The van der Waals surface area contributed by atoms with E-state index in [1.165, 1.54) is 20.0 Å². The Morgan fingerprint density at radius 1 is 1.36 bits per heavy atom. The van der Waals surface area contributed by atoms with Gasteiger partial charge in [0.1, 0.15) is 5.54 Å². The van der Waals surface area contributed by atoms with Gasteiger partial charge in [0, 0.05) is 0 Å². The largest absolute Gasteiger partial charge is 0.468 e.